The van der Waals surface area contributed by atoms with Gasteiger partial charge in [0.25, 0.3) is 0 Å². The van der Waals surface area contributed by atoms with Crippen molar-refractivity contribution in [2.45, 2.75) is 36.5 Å². The number of benzene rings is 2. The summed E-state index contributed by atoms with van der Waals surface area (Å²) >= 11 is 1.65. The number of carboxylic acids is 1. The Morgan fingerprint density at radius 2 is 1.95 bits per heavy atom. The second-order valence-corrected chi connectivity index (χ2v) is 6.48. The van der Waals surface area contributed by atoms with E-state index < -0.39 is 5.97 Å². The molecule has 2 aromatic carbocycles. The minimum atomic E-state index is -0.919. The van der Waals surface area contributed by atoms with Crippen LogP contribution >= 0.6 is 11.8 Å². The Bertz CT molecular complexity index is 781. The van der Waals surface area contributed by atoms with E-state index in [1.807, 2.05) is 6.07 Å². The van der Waals surface area contributed by atoms with Crippen LogP contribution in [0.4, 0.5) is 5.69 Å². The predicted molar refractivity (Wildman–Crippen MR) is 89.8 cm³/mol. The monoisotopic (exact) mass is 311 g/mol. The molecule has 0 aliphatic carbocycles. The lowest BCUT2D eigenvalue weighted by atomic mass is 10.0. The van der Waals surface area contributed by atoms with E-state index in [4.69, 9.17) is 4.99 Å². The third-order valence-corrected chi connectivity index (χ3v) is 4.76. The van der Waals surface area contributed by atoms with Crippen molar-refractivity contribution in [2.24, 2.45) is 4.99 Å². The van der Waals surface area contributed by atoms with E-state index in [0.717, 1.165) is 29.1 Å². The average Bonchev–Trinajstić information content (AvgIpc) is 2.63. The molecule has 1 N–H and O–H groups in total. The standard InChI is InChI=1S/C18H17NO2S/c1-3-4-14-13-9-11(2)5-7-16(13)22-17-8-6-12(18(20)21)10-15(17)19-14/h5-10H,3-4H2,1-2H3,(H,20,21). The van der Waals surface area contributed by atoms with Crippen molar-refractivity contribution < 1.29 is 9.90 Å². The Balaban J connectivity index is 2.19. The lowest BCUT2D eigenvalue weighted by Gasteiger charge is -2.09. The van der Waals surface area contributed by atoms with Crippen LogP contribution in [0.15, 0.2) is 51.2 Å². The Kier molecular flexibility index (Phi) is 4.03. The fraction of sp³-hybridized carbons (Fsp3) is 0.222. The molecule has 0 unspecified atom stereocenters. The molecule has 2 aromatic rings. The Labute approximate surface area is 134 Å². The summed E-state index contributed by atoms with van der Waals surface area (Å²) in [5, 5.41) is 9.18. The van der Waals surface area contributed by atoms with Crippen molar-refractivity contribution in [3.05, 3.63) is 53.1 Å². The number of fused-ring (bicyclic) bond motifs is 2. The first-order valence-electron chi connectivity index (χ1n) is 7.32. The van der Waals surface area contributed by atoms with Crippen molar-refractivity contribution in [3.8, 4) is 0 Å². The molecule has 22 heavy (non-hydrogen) atoms. The van der Waals surface area contributed by atoms with E-state index in [-0.39, 0.29) is 5.56 Å². The molecule has 0 bridgehead atoms. The predicted octanol–water partition coefficient (Wildman–Crippen LogP) is 5.08. The molecule has 0 radical (unpaired) electrons. The summed E-state index contributed by atoms with van der Waals surface area (Å²) in [5.41, 5.74) is 4.44. The molecule has 0 amide bonds. The maximum atomic E-state index is 11.2. The Morgan fingerprint density at radius 3 is 2.68 bits per heavy atom. The molecule has 4 heteroatoms. The van der Waals surface area contributed by atoms with Crippen LogP contribution < -0.4 is 0 Å². The number of hydrogen-bond donors (Lipinski definition) is 1. The van der Waals surface area contributed by atoms with Gasteiger partial charge in [0.05, 0.1) is 11.3 Å². The number of carboxylic acid groups (broad SMARTS) is 1. The molecule has 3 rings (SSSR count). The van der Waals surface area contributed by atoms with Gasteiger partial charge in [0.1, 0.15) is 0 Å². The molecular weight excluding hydrogens is 294 g/mol. The number of carbonyl (C=O) groups is 1. The van der Waals surface area contributed by atoms with Crippen LogP contribution in [-0.2, 0) is 0 Å². The van der Waals surface area contributed by atoms with Crippen molar-refractivity contribution in [1.29, 1.82) is 0 Å². The summed E-state index contributed by atoms with van der Waals surface area (Å²) in [6.07, 6.45) is 1.89. The van der Waals surface area contributed by atoms with Gasteiger partial charge in [0.15, 0.2) is 0 Å². The van der Waals surface area contributed by atoms with Gasteiger partial charge in [-0.2, -0.15) is 0 Å². The van der Waals surface area contributed by atoms with Gasteiger partial charge in [-0.15, -0.1) is 0 Å². The summed E-state index contributed by atoms with van der Waals surface area (Å²) in [5.74, 6) is -0.919. The van der Waals surface area contributed by atoms with Crippen molar-refractivity contribution in [2.75, 3.05) is 0 Å². The molecule has 0 saturated carbocycles. The second kappa shape index (κ2) is 5.97. The minimum Gasteiger partial charge on any atom is -0.478 e. The summed E-state index contributed by atoms with van der Waals surface area (Å²) in [4.78, 5) is 18.2. The zero-order valence-corrected chi connectivity index (χ0v) is 13.4. The van der Waals surface area contributed by atoms with Gasteiger partial charge in [-0.3, -0.25) is 4.99 Å². The molecule has 0 fully saturated rings. The fourth-order valence-corrected chi connectivity index (χ4v) is 3.54. The number of aryl methyl sites for hydroxylation is 1. The lowest BCUT2D eigenvalue weighted by molar-refractivity contribution is 0.0697. The topological polar surface area (TPSA) is 49.7 Å². The highest BCUT2D eigenvalue weighted by Gasteiger charge is 2.18. The van der Waals surface area contributed by atoms with Gasteiger partial charge in [-0.25, -0.2) is 4.79 Å². The van der Waals surface area contributed by atoms with Gasteiger partial charge in [0.2, 0.25) is 0 Å². The number of nitrogens with zero attached hydrogens (tertiary/aromatic N) is 1. The van der Waals surface area contributed by atoms with E-state index in [0.29, 0.717) is 0 Å². The molecule has 3 nitrogen and oxygen atoms in total. The summed E-state index contributed by atoms with van der Waals surface area (Å²) in [6, 6.07) is 11.6. The third-order valence-electron chi connectivity index (χ3n) is 3.61. The van der Waals surface area contributed by atoms with Gasteiger partial charge in [0, 0.05) is 21.1 Å². The smallest absolute Gasteiger partial charge is 0.335 e. The lowest BCUT2D eigenvalue weighted by Crippen LogP contribution is -2.01. The number of hydrogen-bond acceptors (Lipinski definition) is 3. The highest BCUT2D eigenvalue weighted by atomic mass is 32.2. The first-order chi connectivity index (χ1) is 10.6. The van der Waals surface area contributed by atoms with Crippen LogP contribution in [0.2, 0.25) is 0 Å². The molecule has 112 valence electrons. The Hall–Kier alpha value is -2.07. The first kappa shape index (κ1) is 14.9. The largest absolute Gasteiger partial charge is 0.478 e. The van der Waals surface area contributed by atoms with Crippen molar-refractivity contribution in [1.82, 2.24) is 0 Å². The molecule has 1 heterocycles. The molecule has 0 saturated heterocycles. The summed E-state index contributed by atoms with van der Waals surface area (Å²) in [7, 11) is 0. The molecule has 0 aromatic heterocycles. The molecule has 0 spiro atoms. The average molecular weight is 311 g/mol. The maximum absolute atomic E-state index is 11.2. The van der Waals surface area contributed by atoms with Gasteiger partial charge >= 0.3 is 5.97 Å². The van der Waals surface area contributed by atoms with Gasteiger partial charge < -0.3 is 5.11 Å². The van der Waals surface area contributed by atoms with E-state index >= 15 is 0 Å². The second-order valence-electron chi connectivity index (χ2n) is 5.40. The van der Waals surface area contributed by atoms with Gasteiger partial charge in [-0.1, -0.05) is 36.7 Å². The minimum absolute atomic E-state index is 0.279. The van der Waals surface area contributed by atoms with Crippen LogP contribution in [0.5, 0.6) is 0 Å². The molecule has 0 atom stereocenters. The number of rotatable bonds is 3. The van der Waals surface area contributed by atoms with E-state index in [1.165, 1.54) is 16.0 Å². The fourth-order valence-electron chi connectivity index (χ4n) is 2.53. The van der Waals surface area contributed by atoms with Crippen LogP contribution in [0.1, 0.15) is 41.3 Å². The van der Waals surface area contributed by atoms with E-state index in [2.05, 4.69) is 32.0 Å². The summed E-state index contributed by atoms with van der Waals surface area (Å²) in [6.45, 7) is 4.21. The van der Waals surface area contributed by atoms with Crippen LogP contribution in [-0.4, -0.2) is 16.8 Å². The van der Waals surface area contributed by atoms with E-state index in [9.17, 15) is 9.90 Å². The van der Waals surface area contributed by atoms with E-state index in [1.54, 1.807) is 23.9 Å². The zero-order valence-electron chi connectivity index (χ0n) is 12.6. The number of aliphatic imine (C=N–C) groups is 1. The van der Waals surface area contributed by atoms with Crippen LogP contribution in [0.25, 0.3) is 0 Å². The highest BCUT2D eigenvalue weighted by Crippen LogP contribution is 2.41. The third kappa shape index (κ3) is 2.79. The summed E-state index contributed by atoms with van der Waals surface area (Å²) < 4.78 is 0. The highest BCUT2D eigenvalue weighted by molar-refractivity contribution is 7.99. The molecule has 1 aliphatic rings. The Morgan fingerprint density at radius 1 is 1.18 bits per heavy atom. The first-order valence-corrected chi connectivity index (χ1v) is 8.14. The molecular formula is C18H17NO2S. The number of aromatic carboxylic acids is 1. The quantitative estimate of drug-likeness (QED) is 0.860. The zero-order chi connectivity index (χ0) is 15.7. The van der Waals surface area contributed by atoms with Crippen molar-refractivity contribution >= 4 is 29.1 Å². The normalized spacial score (nSPS) is 12.9. The maximum Gasteiger partial charge on any atom is 0.335 e. The van der Waals surface area contributed by atoms with Crippen LogP contribution in [0, 0.1) is 6.92 Å². The molecule has 1 aliphatic heterocycles. The SMILES string of the molecule is CCCC1=Nc2cc(C(=O)O)ccc2Sc2ccc(C)cc21. The van der Waals surface area contributed by atoms with Crippen LogP contribution in [0.3, 0.4) is 0 Å². The van der Waals surface area contributed by atoms with Crippen molar-refractivity contribution in [3.63, 3.8) is 0 Å². The van der Waals surface area contributed by atoms with Gasteiger partial charge in [-0.05, 0) is 43.7 Å².